The van der Waals surface area contributed by atoms with Gasteiger partial charge in [0.2, 0.25) is 0 Å². The zero-order chi connectivity index (χ0) is 28.8. The molecule has 8 nitrogen and oxygen atoms in total. The van der Waals surface area contributed by atoms with Crippen LogP contribution in [0.2, 0.25) is 0 Å². The smallest absolute Gasteiger partial charge is 0.270 e. The Morgan fingerprint density at radius 3 is 2.45 bits per heavy atom. The van der Waals surface area contributed by atoms with Gasteiger partial charge in [-0.25, -0.2) is 0 Å². The third kappa shape index (κ3) is 5.91. The lowest BCUT2D eigenvalue weighted by atomic mass is 10.0. The van der Waals surface area contributed by atoms with E-state index in [1.165, 1.54) is 16.3 Å². The largest absolute Gasteiger partial charge is 0.493 e. The van der Waals surface area contributed by atoms with Crippen LogP contribution in [0.25, 0.3) is 6.08 Å². The molecular weight excluding hydrogens is 544 g/mol. The molecule has 1 amide bonds. The Kier molecular flexibility index (Phi) is 9.30. The van der Waals surface area contributed by atoms with Crippen LogP contribution in [0.15, 0.2) is 58.2 Å². The highest BCUT2D eigenvalue weighted by Gasteiger charge is 2.33. The van der Waals surface area contributed by atoms with Crippen molar-refractivity contribution in [3.8, 4) is 17.6 Å². The number of benzene rings is 2. The molecule has 3 aromatic rings. The minimum Gasteiger partial charge on any atom is -0.493 e. The van der Waals surface area contributed by atoms with Crippen molar-refractivity contribution in [1.82, 2.24) is 9.47 Å². The number of aromatic nitrogens is 1. The molecule has 0 unspecified atom stereocenters. The molecule has 10 heteroatoms. The van der Waals surface area contributed by atoms with Gasteiger partial charge in [0.15, 0.2) is 11.5 Å². The first-order valence-corrected chi connectivity index (χ1v) is 14.0. The summed E-state index contributed by atoms with van der Waals surface area (Å²) in [5, 5.41) is 13.2. The molecule has 1 N–H and O–H groups in total. The second kappa shape index (κ2) is 12.9. The summed E-state index contributed by atoms with van der Waals surface area (Å²) in [6, 6.07) is 17.4. The molecule has 0 spiro atoms. The van der Waals surface area contributed by atoms with Crippen LogP contribution in [0, 0.1) is 18.3 Å². The van der Waals surface area contributed by atoms with E-state index in [0.29, 0.717) is 63.7 Å². The molecule has 206 valence electrons. The lowest BCUT2D eigenvalue weighted by Gasteiger charge is -2.19. The molecule has 0 aliphatic carbocycles. The number of ether oxygens (including phenoxy) is 2. The zero-order valence-corrected chi connectivity index (χ0v) is 24.4. The Balaban J connectivity index is 1.68. The van der Waals surface area contributed by atoms with Gasteiger partial charge >= 0.3 is 0 Å². The van der Waals surface area contributed by atoms with Crippen LogP contribution < -0.4 is 20.3 Å². The Labute approximate surface area is 243 Å². The fourth-order valence-electron chi connectivity index (χ4n) is 4.55. The van der Waals surface area contributed by atoms with Gasteiger partial charge in [-0.05, 0) is 55.2 Å². The monoisotopic (exact) mass is 574 g/mol. The van der Waals surface area contributed by atoms with E-state index in [1.807, 2.05) is 55.5 Å². The van der Waals surface area contributed by atoms with Gasteiger partial charge < -0.3 is 14.8 Å². The van der Waals surface area contributed by atoms with Crippen LogP contribution in [-0.2, 0) is 24.3 Å². The SMILES string of the molecule is CCn1c(NCCc2ccc(OC)c(OC)c2)c(/C=C2/SC(=S)N(Cc3ccccc3)C2=O)c(C)c(C#N)c1=O. The molecule has 0 radical (unpaired) electrons. The molecule has 2 heterocycles. The number of thiocarbonyl (C=S) groups is 1. The van der Waals surface area contributed by atoms with Crippen LogP contribution >= 0.6 is 24.0 Å². The third-order valence-electron chi connectivity index (χ3n) is 6.68. The molecule has 40 heavy (non-hydrogen) atoms. The van der Waals surface area contributed by atoms with Crippen molar-refractivity contribution < 1.29 is 14.3 Å². The number of hydrogen-bond donors (Lipinski definition) is 1. The molecule has 1 fully saturated rings. The quantitative estimate of drug-likeness (QED) is 0.263. The molecule has 1 aliphatic heterocycles. The molecule has 2 aromatic carbocycles. The number of nitrogens with one attached hydrogen (secondary N) is 1. The van der Waals surface area contributed by atoms with Crippen molar-refractivity contribution in [2.24, 2.45) is 0 Å². The second-order valence-electron chi connectivity index (χ2n) is 9.04. The molecule has 0 saturated carbocycles. The van der Waals surface area contributed by atoms with Gasteiger partial charge in [0, 0.05) is 18.7 Å². The molecular formula is C30H30N4O4S2. The third-order valence-corrected chi connectivity index (χ3v) is 8.06. The van der Waals surface area contributed by atoms with Gasteiger partial charge in [-0.3, -0.25) is 19.1 Å². The summed E-state index contributed by atoms with van der Waals surface area (Å²) in [4.78, 5) is 28.6. The average Bonchev–Trinajstić information content (AvgIpc) is 3.23. The maximum absolute atomic E-state index is 13.4. The maximum Gasteiger partial charge on any atom is 0.270 e. The summed E-state index contributed by atoms with van der Waals surface area (Å²) < 4.78 is 12.7. The molecule has 0 atom stereocenters. The minimum atomic E-state index is -0.370. The second-order valence-corrected chi connectivity index (χ2v) is 10.7. The summed E-state index contributed by atoms with van der Waals surface area (Å²) in [6.07, 6.45) is 2.38. The number of nitrogens with zero attached hydrogens (tertiary/aromatic N) is 3. The van der Waals surface area contributed by atoms with Crippen LogP contribution in [-0.4, -0.2) is 40.5 Å². The van der Waals surface area contributed by atoms with E-state index in [-0.39, 0.29) is 17.0 Å². The van der Waals surface area contributed by atoms with Gasteiger partial charge in [-0.1, -0.05) is 60.4 Å². The number of hydrogen-bond acceptors (Lipinski definition) is 8. The first-order valence-electron chi connectivity index (χ1n) is 12.7. The average molecular weight is 575 g/mol. The summed E-state index contributed by atoms with van der Waals surface area (Å²) in [6.45, 7) is 4.80. The van der Waals surface area contributed by atoms with E-state index in [1.54, 1.807) is 32.1 Å². The van der Waals surface area contributed by atoms with E-state index in [9.17, 15) is 14.9 Å². The minimum absolute atomic E-state index is 0.0540. The lowest BCUT2D eigenvalue weighted by molar-refractivity contribution is -0.122. The number of carbonyl (C=O) groups is 1. The van der Waals surface area contributed by atoms with Crippen molar-refractivity contribution in [3.63, 3.8) is 0 Å². The van der Waals surface area contributed by atoms with Crippen molar-refractivity contribution in [1.29, 1.82) is 5.26 Å². The Morgan fingerprint density at radius 2 is 1.80 bits per heavy atom. The van der Waals surface area contributed by atoms with Crippen molar-refractivity contribution in [2.45, 2.75) is 33.4 Å². The fraction of sp³-hybridized carbons (Fsp3) is 0.267. The summed E-state index contributed by atoms with van der Waals surface area (Å²) in [5.41, 5.74) is 2.80. The number of amides is 1. The Hall–Kier alpha value is -4.07. The zero-order valence-electron chi connectivity index (χ0n) is 22.8. The number of carbonyl (C=O) groups excluding carboxylic acids is 1. The van der Waals surface area contributed by atoms with Gasteiger partial charge in [-0.2, -0.15) is 5.26 Å². The van der Waals surface area contributed by atoms with Gasteiger partial charge in [-0.15, -0.1) is 0 Å². The Bertz CT molecular complexity index is 1580. The number of pyridine rings is 1. The van der Waals surface area contributed by atoms with Crippen molar-refractivity contribution in [3.05, 3.63) is 91.6 Å². The lowest BCUT2D eigenvalue weighted by Crippen LogP contribution is -2.28. The van der Waals surface area contributed by atoms with E-state index in [4.69, 9.17) is 21.7 Å². The number of methoxy groups -OCH3 is 2. The predicted octanol–water partition coefficient (Wildman–Crippen LogP) is 5.12. The Morgan fingerprint density at radius 1 is 1.07 bits per heavy atom. The maximum atomic E-state index is 13.4. The first kappa shape index (κ1) is 28.9. The first-order chi connectivity index (χ1) is 19.3. The predicted molar refractivity (Wildman–Crippen MR) is 163 cm³/mol. The van der Waals surface area contributed by atoms with Crippen LogP contribution in [0.5, 0.6) is 11.5 Å². The molecule has 1 saturated heterocycles. The van der Waals surface area contributed by atoms with E-state index in [0.717, 1.165) is 11.1 Å². The highest BCUT2D eigenvalue weighted by Crippen LogP contribution is 2.36. The van der Waals surface area contributed by atoms with Crippen LogP contribution in [0.4, 0.5) is 5.82 Å². The van der Waals surface area contributed by atoms with E-state index >= 15 is 0 Å². The standard InChI is InChI=1S/C30H30N4O4S2/c1-5-33-27(32-14-13-20-11-12-24(37-3)25(15-20)38-4)22(19(2)23(17-31)28(33)35)16-26-29(36)34(30(39)40-26)18-21-9-7-6-8-10-21/h6-12,15-16,32H,5,13-14,18H2,1-4H3/b26-16+. The van der Waals surface area contributed by atoms with Crippen molar-refractivity contribution >= 4 is 46.1 Å². The number of anilines is 1. The fourth-order valence-corrected chi connectivity index (χ4v) is 5.79. The summed E-state index contributed by atoms with van der Waals surface area (Å²) in [7, 11) is 3.18. The number of nitriles is 1. The van der Waals surface area contributed by atoms with E-state index in [2.05, 4.69) is 11.4 Å². The van der Waals surface area contributed by atoms with Crippen LogP contribution in [0.1, 0.15) is 34.7 Å². The summed E-state index contributed by atoms with van der Waals surface area (Å²) >= 11 is 6.76. The highest BCUT2D eigenvalue weighted by atomic mass is 32.2. The molecule has 1 aromatic heterocycles. The summed E-state index contributed by atoms with van der Waals surface area (Å²) in [5.74, 6) is 1.63. The number of thioether (sulfide) groups is 1. The van der Waals surface area contributed by atoms with Crippen LogP contribution in [0.3, 0.4) is 0 Å². The van der Waals surface area contributed by atoms with Crippen molar-refractivity contribution in [2.75, 3.05) is 26.1 Å². The number of rotatable bonds is 10. The molecule has 0 bridgehead atoms. The van der Waals surface area contributed by atoms with Gasteiger partial charge in [0.1, 0.15) is 21.8 Å². The topological polar surface area (TPSA) is 96.6 Å². The van der Waals surface area contributed by atoms with Gasteiger partial charge in [0.25, 0.3) is 11.5 Å². The van der Waals surface area contributed by atoms with Gasteiger partial charge in [0.05, 0.1) is 25.7 Å². The van der Waals surface area contributed by atoms with E-state index < -0.39 is 0 Å². The highest BCUT2D eigenvalue weighted by molar-refractivity contribution is 8.26. The normalized spacial score (nSPS) is 14.0. The molecule has 4 rings (SSSR count). The molecule has 1 aliphatic rings.